The van der Waals surface area contributed by atoms with Gasteiger partial charge in [0.15, 0.2) is 0 Å². The normalized spacial score (nSPS) is 18.1. The van der Waals surface area contributed by atoms with Crippen LogP contribution in [0.15, 0.2) is 82.8 Å². The summed E-state index contributed by atoms with van der Waals surface area (Å²) in [6.07, 6.45) is 1.90. The van der Waals surface area contributed by atoms with Gasteiger partial charge in [0.25, 0.3) is 0 Å². The van der Waals surface area contributed by atoms with Crippen molar-refractivity contribution in [1.29, 1.82) is 0 Å². The van der Waals surface area contributed by atoms with E-state index in [1.807, 2.05) is 6.20 Å². The highest BCUT2D eigenvalue weighted by Gasteiger charge is 2.51. The van der Waals surface area contributed by atoms with Crippen molar-refractivity contribution in [3.8, 4) is 22.3 Å². The molecule has 3 aromatic carbocycles. The van der Waals surface area contributed by atoms with E-state index in [-0.39, 0.29) is 18.3 Å². The predicted octanol–water partition coefficient (Wildman–Crippen LogP) is 6.33. The van der Waals surface area contributed by atoms with Gasteiger partial charge in [-0.25, -0.2) is 4.98 Å². The Morgan fingerprint density at radius 1 is 0.812 bits per heavy atom. The van der Waals surface area contributed by atoms with E-state index in [1.54, 1.807) is 11.8 Å². The summed E-state index contributed by atoms with van der Waals surface area (Å²) >= 11 is 1.75. The molecule has 158 valence electrons. The number of pyridine rings is 1. The number of nitrogens with zero attached hydrogens (tertiary/aromatic N) is 1. The largest absolute Gasteiger partial charge is 0.494 e. The Morgan fingerprint density at radius 2 is 1.59 bits per heavy atom. The quantitative estimate of drug-likeness (QED) is 0.302. The van der Waals surface area contributed by atoms with E-state index in [1.165, 1.54) is 32.4 Å². The van der Waals surface area contributed by atoms with Gasteiger partial charge < -0.3 is 9.31 Å². The maximum atomic E-state index is 6.32. The van der Waals surface area contributed by atoms with Crippen LogP contribution in [0, 0.1) is 0 Å². The predicted molar refractivity (Wildman–Crippen MR) is 132 cm³/mol. The lowest BCUT2D eigenvalue weighted by Crippen LogP contribution is -2.41. The fourth-order valence-corrected chi connectivity index (χ4v) is 5.60. The molecule has 5 heteroatoms. The summed E-state index contributed by atoms with van der Waals surface area (Å²) in [5.74, 6) is 0. The van der Waals surface area contributed by atoms with Crippen LogP contribution < -0.4 is 5.46 Å². The number of rotatable bonds is 2. The SMILES string of the molecule is CC1(C)OB(c2cccc(-c3ccc4ccnc5c4c3-c3ccccc3S5)c2)OC1(C)C. The van der Waals surface area contributed by atoms with Gasteiger partial charge in [-0.05, 0) is 67.4 Å². The highest BCUT2D eigenvalue weighted by Crippen LogP contribution is 2.50. The number of hydrogen-bond acceptors (Lipinski definition) is 4. The Morgan fingerprint density at radius 3 is 2.41 bits per heavy atom. The molecule has 0 saturated carbocycles. The third-order valence-corrected chi connectivity index (χ3v) is 8.06. The zero-order valence-electron chi connectivity index (χ0n) is 18.7. The lowest BCUT2D eigenvalue weighted by atomic mass is 9.77. The maximum Gasteiger partial charge on any atom is 0.494 e. The van der Waals surface area contributed by atoms with Crippen molar-refractivity contribution in [3.63, 3.8) is 0 Å². The van der Waals surface area contributed by atoms with Crippen LogP contribution in [0.2, 0.25) is 0 Å². The van der Waals surface area contributed by atoms with E-state index in [0.717, 1.165) is 16.1 Å². The summed E-state index contributed by atoms with van der Waals surface area (Å²) in [4.78, 5) is 5.95. The summed E-state index contributed by atoms with van der Waals surface area (Å²) < 4.78 is 12.6. The van der Waals surface area contributed by atoms with E-state index in [2.05, 4.69) is 94.4 Å². The van der Waals surface area contributed by atoms with Crippen LogP contribution in [0.5, 0.6) is 0 Å². The maximum absolute atomic E-state index is 6.32. The minimum atomic E-state index is -0.378. The standard InChI is InChI=1S/C27H24BNO2S/c1-26(2)27(3,4)31-28(30-26)19-9-7-8-18(16-19)20-13-12-17-14-15-29-25-23(17)24(20)21-10-5-6-11-22(21)32-25/h5-16H,1-4H3. The number of aromatic nitrogens is 1. The highest BCUT2D eigenvalue weighted by molar-refractivity contribution is 7.99. The van der Waals surface area contributed by atoms with Crippen LogP contribution in [0.1, 0.15) is 27.7 Å². The van der Waals surface area contributed by atoms with Crippen LogP contribution in [0.4, 0.5) is 0 Å². The molecule has 0 aliphatic carbocycles. The molecular formula is C27H24BNO2S. The zero-order valence-corrected chi connectivity index (χ0v) is 19.5. The second kappa shape index (κ2) is 6.95. The Kier molecular flexibility index (Phi) is 4.35. The summed E-state index contributed by atoms with van der Waals surface area (Å²) in [5, 5.41) is 3.52. The molecule has 0 unspecified atom stereocenters. The molecule has 0 N–H and O–H groups in total. The molecule has 0 radical (unpaired) electrons. The Bertz CT molecular complexity index is 1370. The molecule has 1 saturated heterocycles. The van der Waals surface area contributed by atoms with Gasteiger partial charge in [0, 0.05) is 22.0 Å². The topological polar surface area (TPSA) is 31.4 Å². The van der Waals surface area contributed by atoms with Crippen LogP contribution in [0.3, 0.4) is 0 Å². The molecule has 6 rings (SSSR count). The molecule has 0 atom stereocenters. The number of benzene rings is 3. The van der Waals surface area contributed by atoms with Crippen molar-refractivity contribution in [2.45, 2.75) is 48.8 Å². The molecule has 1 aromatic heterocycles. The first-order chi connectivity index (χ1) is 15.3. The minimum absolute atomic E-state index is 0.362. The molecule has 0 bridgehead atoms. The van der Waals surface area contributed by atoms with Crippen molar-refractivity contribution < 1.29 is 9.31 Å². The van der Waals surface area contributed by atoms with Gasteiger partial charge in [-0.3, -0.25) is 0 Å². The zero-order chi connectivity index (χ0) is 22.1. The fourth-order valence-electron chi connectivity index (χ4n) is 4.53. The van der Waals surface area contributed by atoms with Gasteiger partial charge in [0.1, 0.15) is 5.03 Å². The third-order valence-electron chi connectivity index (χ3n) is 6.98. The molecule has 32 heavy (non-hydrogen) atoms. The van der Waals surface area contributed by atoms with Crippen LogP contribution in [-0.4, -0.2) is 23.3 Å². The van der Waals surface area contributed by atoms with E-state index in [4.69, 9.17) is 14.3 Å². The average molecular weight is 437 g/mol. The average Bonchev–Trinajstić information content (AvgIpc) is 3.01. The number of hydrogen-bond donors (Lipinski definition) is 0. The van der Waals surface area contributed by atoms with Crippen molar-refractivity contribution >= 4 is 35.1 Å². The second-order valence-corrected chi connectivity index (χ2v) is 10.5. The van der Waals surface area contributed by atoms with Gasteiger partial charge >= 0.3 is 7.12 Å². The van der Waals surface area contributed by atoms with Gasteiger partial charge in [0.05, 0.1) is 11.2 Å². The monoisotopic (exact) mass is 437 g/mol. The van der Waals surface area contributed by atoms with Gasteiger partial charge in [0.2, 0.25) is 0 Å². The Balaban J connectivity index is 1.53. The molecule has 2 aliphatic rings. The van der Waals surface area contributed by atoms with E-state index >= 15 is 0 Å². The molecule has 1 fully saturated rings. The smallest absolute Gasteiger partial charge is 0.399 e. The molecule has 0 spiro atoms. The van der Waals surface area contributed by atoms with Crippen LogP contribution in [0.25, 0.3) is 33.0 Å². The van der Waals surface area contributed by atoms with Crippen LogP contribution in [-0.2, 0) is 9.31 Å². The molecule has 3 nitrogen and oxygen atoms in total. The Labute approximate surface area is 193 Å². The summed E-state index contributed by atoms with van der Waals surface area (Å²) in [7, 11) is -0.378. The van der Waals surface area contributed by atoms with Crippen LogP contribution >= 0.6 is 11.8 Å². The van der Waals surface area contributed by atoms with Gasteiger partial charge in [-0.15, -0.1) is 0 Å². The van der Waals surface area contributed by atoms with Crippen molar-refractivity contribution in [2.24, 2.45) is 0 Å². The van der Waals surface area contributed by atoms with E-state index in [9.17, 15) is 0 Å². The first-order valence-corrected chi connectivity index (χ1v) is 11.8. The molecule has 4 aromatic rings. The van der Waals surface area contributed by atoms with Gasteiger partial charge in [-0.1, -0.05) is 66.4 Å². The van der Waals surface area contributed by atoms with E-state index < -0.39 is 0 Å². The molecular weight excluding hydrogens is 413 g/mol. The molecule has 3 heterocycles. The summed E-state index contributed by atoms with van der Waals surface area (Å²) in [6, 6.07) is 23.7. The summed E-state index contributed by atoms with van der Waals surface area (Å²) in [6.45, 7) is 8.36. The van der Waals surface area contributed by atoms with Gasteiger partial charge in [-0.2, -0.15) is 0 Å². The van der Waals surface area contributed by atoms with E-state index in [0.29, 0.717) is 0 Å². The third kappa shape index (κ3) is 2.96. The summed E-state index contributed by atoms with van der Waals surface area (Å²) in [5.41, 5.74) is 5.20. The second-order valence-electron chi connectivity index (χ2n) is 9.51. The van der Waals surface area contributed by atoms with Crippen molar-refractivity contribution in [3.05, 3.63) is 72.9 Å². The number of fused-ring (bicyclic) bond motifs is 2. The lowest BCUT2D eigenvalue weighted by molar-refractivity contribution is 0.00578. The van der Waals surface area contributed by atoms with Crippen molar-refractivity contribution in [2.75, 3.05) is 0 Å². The fraction of sp³-hybridized carbons (Fsp3) is 0.222. The minimum Gasteiger partial charge on any atom is -0.399 e. The molecule has 2 aliphatic heterocycles. The molecule has 0 amide bonds. The Hall–Kier alpha value is -2.60. The highest BCUT2D eigenvalue weighted by atomic mass is 32.2. The first-order valence-electron chi connectivity index (χ1n) is 11.0. The van der Waals surface area contributed by atoms with Crippen molar-refractivity contribution in [1.82, 2.24) is 4.98 Å². The lowest BCUT2D eigenvalue weighted by Gasteiger charge is -2.32. The first kappa shape index (κ1) is 20.0.